The second-order valence-electron chi connectivity index (χ2n) is 38.4. The molecule has 0 aromatic rings. The summed E-state index contributed by atoms with van der Waals surface area (Å²) in [5.74, 6) is -3.12. The third-order valence-corrected chi connectivity index (χ3v) is 20.0. The van der Waals surface area contributed by atoms with Gasteiger partial charge in [0, 0.05) is 84.6 Å². The van der Waals surface area contributed by atoms with Crippen molar-refractivity contribution in [3.63, 3.8) is 0 Å². The Morgan fingerprint density at radius 2 is 0.805 bits per heavy atom. The molecule has 0 spiro atoms. The number of aliphatic hydroxyl groups is 9. The minimum atomic E-state index is -1.51. The van der Waals surface area contributed by atoms with Gasteiger partial charge in [-0.05, 0) is 114 Å². The number of carbonyl (C=O) groups is 8. The van der Waals surface area contributed by atoms with E-state index in [1.807, 2.05) is 89.2 Å². The smallest absolute Gasteiger partial charge is 0.220 e. The molecule has 8 amide bonds. The van der Waals surface area contributed by atoms with Crippen LogP contribution in [0.2, 0.25) is 0 Å². The van der Waals surface area contributed by atoms with Crippen LogP contribution in [0.1, 0.15) is 236 Å². The maximum Gasteiger partial charge on any atom is 0.220 e. The van der Waals surface area contributed by atoms with E-state index in [-0.39, 0.29) is 114 Å². The van der Waals surface area contributed by atoms with Crippen LogP contribution >= 0.6 is 0 Å². The van der Waals surface area contributed by atoms with Crippen LogP contribution in [0.5, 0.6) is 0 Å². The average molecular weight is 1620 g/mol. The van der Waals surface area contributed by atoms with Gasteiger partial charge in [0.2, 0.25) is 47.3 Å². The molecule has 14 atom stereocenters. The van der Waals surface area contributed by atoms with Crippen molar-refractivity contribution in [2.45, 2.75) is 327 Å². The topological polar surface area (TPSA) is 479 Å². The van der Waals surface area contributed by atoms with Crippen LogP contribution in [-0.2, 0) is 71.5 Å². The Balaban J connectivity index is 2.61. The Bertz CT molecular complexity index is 2860. The van der Waals surface area contributed by atoms with Crippen molar-refractivity contribution in [3.05, 3.63) is 12.3 Å². The van der Waals surface area contributed by atoms with E-state index in [4.69, 9.17) is 33.2 Å². The fraction of sp³-hybridized carbons (Fsp3) is 0.877. The molecule has 658 valence electrons. The number of hydrogen-bond acceptors (Lipinski definition) is 24. The molecule has 113 heavy (non-hydrogen) atoms. The van der Waals surface area contributed by atoms with Gasteiger partial charge >= 0.3 is 0 Å². The lowest BCUT2D eigenvalue weighted by Crippen LogP contribution is -2.64. The molecule has 0 radical (unpaired) electrons. The van der Waals surface area contributed by atoms with Gasteiger partial charge in [0.25, 0.3) is 0 Å². The quantitative estimate of drug-likeness (QED) is 0.0307. The highest BCUT2D eigenvalue weighted by Gasteiger charge is 2.49. The molecule has 0 aromatic carbocycles. The van der Waals surface area contributed by atoms with Crippen molar-refractivity contribution in [3.8, 4) is 0 Å². The van der Waals surface area contributed by atoms with Crippen molar-refractivity contribution < 1.29 is 117 Å². The molecule has 2 fully saturated rings. The highest BCUT2D eigenvalue weighted by atomic mass is 16.7. The summed E-state index contributed by atoms with van der Waals surface area (Å²) in [6, 6.07) is -3.37. The first-order valence-electron chi connectivity index (χ1n) is 40.1. The van der Waals surface area contributed by atoms with E-state index < -0.39 is 192 Å². The average Bonchev–Trinajstić information content (AvgIpc) is 0.802. The van der Waals surface area contributed by atoms with Crippen LogP contribution in [0, 0.1) is 49.2 Å². The predicted molar refractivity (Wildman–Crippen MR) is 424 cm³/mol. The summed E-state index contributed by atoms with van der Waals surface area (Å²) in [4.78, 5) is 108. The number of nitrogens with one attached hydrogen (secondary N) is 8. The van der Waals surface area contributed by atoms with Gasteiger partial charge in [-0.3, -0.25) is 38.4 Å². The van der Waals surface area contributed by atoms with Gasteiger partial charge in [0.1, 0.15) is 60.9 Å². The fourth-order valence-electron chi connectivity index (χ4n) is 15.6. The van der Waals surface area contributed by atoms with Gasteiger partial charge in [-0.15, -0.1) is 0 Å². The molecule has 0 saturated carbocycles. The van der Waals surface area contributed by atoms with Gasteiger partial charge < -0.3 is 122 Å². The first-order chi connectivity index (χ1) is 51.9. The van der Waals surface area contributed by atoms with E-state index in [0.29, 0.717) is 38.3 Å². The number of rotatable bonds is 54. The molecule has 0 aromatic heterocycles. The summed E-state index contributed by atoms with van der Waals surface area (Å²) in [6.45, 7) is 39.7. The van der Waals surface area contributed by atoms with Crippen LogP contribution in [0.4, 0.5) is 0 Å². The summed E-state index contributed by atoms with van der Waals surface area (Å²) in [6.07, 6.45) is -9.39. The van der Waals surface area contributed by atoms with Crippen molar-refractivity contribution in [1.29, 1.82) is 0 Å². The zero-order chi connectivity index (χ0) is 86.5. The lowest BCUT2D eigenvalue weighted by atomic mass is 9.75. The summed E-state index contributed by atoms with van der Waals surface area (Å²) in [5.41, 5.74) is -5.72. The number of amides is 8. The zero-order valence-corrected chi connectivity index (χ0v) is 72.1. The number of allylic oxidation sites excluding steroid dienone is 1. The third-order valence-electron chi connectivity index (χ3n) is 20.0. The monoisotopic (exact) mass is 1620 g/mol. The standard InChI is InChI=1S/C81H150N8O24/c1-50(2)29-33-107-46-77(15,16)38-73(7,8)42-82-59(98)24-23-25-63(102)89-81(30-26-60(99)83-43-74(9,10)39-78(17,18)47-108-70(55(34-90)86-52(4)95)111-56(35-91)51(3)94,31-27-61(100)84-44-75(11,12)40-79(19,20)48-109-71-64(87-53(5)96)68(105)66(103)57(36-92)112-71)32-28-62(101)85-45-76(13,14)41-80(21,22)49-110-72-65(88-54(6)97)69(106)67(104)58(37-93)113-72/h29,33,50-51,55-58,64-72,90-94,103-106H,23-28,30-32,34-49H2,1-22H3,(H,82,98)(H,83,99)(H,84,100)(H,85,101)(H,86,95)(H,87,96)(H,88,97)(H,89,102)/t51-,55+,56?,57?,58?,64?,65?,66?,67?,68?,69?,70?,71?,72?,81?/m1/s1. The molecular weight excluding hydrogens is 1470 g/mol. The number of hydrogen-bond donors (Lipinski definition) is 17. The van der Waals surface area contributed by atoms with E-state index in [2.05, 4.69) is 84.1 Å². The van der Waals surface area contributed by atoms with Gasteiger partial charge in [0.15, 0.2) is 18.9 Å². The second kappa shape index (κ2) is 46.7. The molecular formula is C81H150N8O24. The number of ether oxygens (including phenoxy) is 7. The fourth-order valence-corrected chi connectivity index (χ4v) is 15.6. The minimum absolute atomic E-state index is 0.000923. The van der Waals surface area contributed by atoms with Crippen LogP contribution < -0.4 is 42.5 Å². The second-order valence-corrected chi connectivity index (χ2v) is 38.4. The van der Waals surface area contributed by atoms with Crippen molar-refractivity contribution in [1.82, 2.24) is 42.5 Å². The predicted octanol–water partition coefficient (Wildman–Crippen LogP) is 3.29. The van der Waals surface area contributed by atoms with Crippen LogP contribution in [-0.4, -0.2) is 264 Å². The molecule has 2 aliphatic rings. The molecule has 0 bridgehead atoms. The Labute approximate surface area is 672 Å². The zero-order valence-electron chi connectivity index (χ0n) is 72.1. The highest BCUT2D eigenvalue weighted by molar-refractivity contribution is 5.81. The first kappa shape index (κ1) is 104. The van der Waals surface area contributed by atoms with E-state index in [1.54, 1.807) is 6.26 Å². The molecule has 0 aliphatic carbocycles. The van der Waals surface area contributed by atoms with E-state index in [9.17, 15) is 84.3 Å². The van der Waals surface area contributed by atoms with Gasteiger partial charge in [-0.2, -0.15) is 0 Å². The van der Waals surface area contributed by atoms with Crippen molar-refractivity contribution >= 4 is 47.3 Å². The molecule has 2 saturated heterocycles. The minimum Gasteiger partial charge on any atom is -0.501 e. The normalized spacial score (nSPS) is 22.6. The lowest BCUT2D eigenvalue weighted by molar-refractivity contribution is -0.276. The molecule has 2 heterocycles. The molecule has 2 aliphatic heterocycles. The Morgan fingerprint density at radius 3 is 1.13 bits per heavy atom. The van der Waals surface area contributed by atoms with E-state index >= 15 is 0 Å². The van der Waals surface area contributed by atoms with Crippen LogP contribution in [0.25, 0.3) is 0 Å². The van der Waals surface area contributed by atoms with Gasteiger partial charge in [-0.25, -0.2) is 0 Å². The highest BCUT2D eigenvalue weighted by Crippen LogP contribution is 2.39. The Morgan fingerprint density at radius 1 is 0.451 bits per heavy atom. The summed E-state index contributed by atoms with van der Waals surface area (Å²) in [7, 11) is 0. The van der Waals surface area contributed by atoms with Crippen molar-refractivity contribution in [2.75, 3.05) is 79.0 Å². The van der Waals surface area contributed by atoms with E-state index in [0.717, 1.165) is 6.42 Å². The summed E-state index contributed by atoms with van der Waals surface area (Å²) >= 11 is 0. The molecule has 32 nitrogen and oxygen atoms in total. The van der Waals surface area contributed by atoms with E-state index in [1.165, 1.54) is 27.7 Å². The van der Waals surface area contributed by atoms with Gasteiger partial charge in [0.05, 0.1) is 65.2 Å². The van der Waals surface area contributed by atoms with Gasteiger partial charge in [-0.1, -0.05) is 125 Å². The van der Waals surface area contributed by atoms with Crippen LogP contribution in [0.15, 0.2) is 12.3 Å². The Kier molecular flexibility index (Phi) is 42.9. The largest absolute Gasteiger partial charge is 0.501 e. The van der Waals surface area contributed by atoms with Crippen molar-refractivity contribution in [2.24, 2.45) is 49.2 Å². The molecule has 12 unspecified atom stereocenters. The maximum atomic E-state index is 14.6. The number of aliphatic hydroxyl groups excluding tert-OH is 9. The summed E-state index contributed by atoms with van der Waals surface area (Å²) < 4.78 is 41.9. The SMILES string of the molecule is CC(=O)NC1C(OCC(C)(C)CC(C)(C)CNC(=O)CCC(CCC(=O)NCC(C)(C)CC(C)(C)COC2OC(CO)C(O)C(O)C2NC(C)=O)(CCC(=O)NCC(C)(C)CC(C)(C)COC(OC(CO)[C@@H](C)O)[C@H](CO)NC(C)=O)NC(=O)CCCC(=O)NCC(C)(C)CC(C)(C)COC=CC(C)C)OC(CO)C(O)C1O. The lowest BCUT2D eigenvalue weighted by Gasteiger charge is -2.43. The number of carbonyl (C=O) groups excluding carboxylic acids is 8. The third kappa shape index (κ3) is 40.6. The van der Waals surface area contributed by atoms with Crippen LogP contribution in [0.3, 0.4) is 0 Å². The molecule has 17 N–H and O–H groups in total. The Hall–Kier alpha value is -5.30. The molecule has 32 heteroatoms. The summed E-state index contributed by atoms with van der Waals surface area (Å²) in [5, 5.41) is 117. The first-order valence-corrected chi connectivity index (χ1v) is 40.1. The molecule has 2 rings (SSSR count). The maximum absolute atomic E-state index is 14.6.